The third kappa shape index (κ3) is 5.65. The van der Waals surface area contributed by atoms with Crippen molar-refractivity contribution < 1.29 is 19.1 Å². The highest BCUT2D eigenvalue weighted by atomic mass is 35.5. The molecule has 0 radical (unpaired) electrons. The number of morpholine rings is 1. The van der Waals surface area contributed by atoms with Gasteiger partial charge in [-0.3, -0.25) is 14.5 Å². The summed E-state index contributed by atoms with van der Waals surface area (Å²) < 4.78 is 11.1. The molecule has 0 aliphatic carbocycles. The van der Waals surface area contributed by atoms with Gasteiger partial charge in [-0.2, -0.15) is 0 Å². The molecule has 1 saturated heterocycles. The maximum atomic E-state index is 13.1. The Hall–Kier alpha value is -3.39. The van der Waals surface area contributed by atoms with E-state index in [2.05, 4.69) is 27.7 Å². The highest BCUT2D eigenvalue weighted by Gasteiger charge is 2.24. The molecule has 3 aromatic carbocycles. The lowest BCUT2D eigenvalue weighted by atomic mass is 9.96. The van der Waals surface area contributed by atoms with E-state index in [1.807, 2.05) is 36.4 Å². The first-order valence-electron chi connectivity index (χ1n) is 11.5. The van der Waals surface area contributed by atoms with Crippen LogP contribution in [0.3, 0.4) is 0 Å². The van der Waals surface area contributed by atoms with Crippen LogP contribution in [0.1, 0.15) is 22.8 Å². The van der Waals surface area contributed by atoms with Gasteiger partial charge in [0.15, 0.2) is 6.10 Å². The lowest BCUT2D eigenvalue weighted by molar-refractivity contribution is -0.122. The van der Waals surface area contributed by atoms with Gasteiger partial charge in [-0.15, -0.1) is 12.4 Å². The molecule has 2 heterocycles. The van der Waals surface area contributed by atoms with Crippen LogP contribution in [0.2, 0.25) is 0 Å². The number of amides is 2. The van der Waals surface area contributed by atoms with Crippen molar-refractivity contribution in [2.24, 2.45) is 0 Å². The number of ether oxygens (including phenoxy) is 2. The quantitative estimate of drug-likeness (QED) is 0.544. The van der Waals surface area contributed by atoms with E-state index in [1.54, 1.807) is 25.1 Å². The number of nitrogens with zero attached hydrogens (tertiary/aromatic N) is 1. The van der Waals surface area contributed by atoms with E-state index in [0.717, 1.165) is 49.5 Å². The molecule has 1 atom stereocenters. The molecule has 2 amide bonds. The SMILES string of the molecule is CC1Oc2ccc(NC(=O)c3ccc(-c4ccccc4)c(CN4CCOCC4)c3)cc2NC1=O.Cl. The van der Waals surface area contributed by atoms with E-state index in [9.17, 15) is 9.59 Å². The Morgan fingerprint density at radius 2 is 1.83 bits per heavy atom. The maximum Gasteiger partial charge on any atom is 0.265 e. The molecule has 0 spiro atoms. The minimum atomic E-state index is -0.541. The number of halogens is 1. The number of fused-ring (bicyclic) bond motifs is 1. The number of anilines is 2. The number of benzene rings is 3. The second-order valence-electron chi connectivity index (χ2n) is 8.54. The van der Waals surface area contributed by atoms with Crippen molar-refractivity contribution in [1.29, 1.82) is 0 Å². The molecule has 35 heavy (non-hydrogen) atoms. The Bertz CT molecular complexity index is 1210. The van der Waals surface area contributed by atoms with Crippen LogP contribution in [0.15, 0.2) is 66.7 Å². The fourth-order valence-electron chi connectivity index (χ4n) is 4.26. The van der Waals surface area contributed by atoms with Crippen molar-refractivity contribution in [3.8, 4) is 16.9 Å². The maximum absolute atomic E-state index is 13.1. The molecular weight excluding hydrogens is 466 g/mol. The van der Waals surface area contributed by atoms with Gasteiger partial charge < -0.3 is 20.1 Å². The summed E-state index contributed by atoms with van der Waals surface area (Å²) in [6.07, 6.45) is -0.541. The molecule has 0 bridgehead atoms. The molecule has 2 N–H and O–H groups in total. The Labute approximate surface area is 210 Å². The number of carbonyl (C=O) groups is 2. The predicted octanol–water partition coefficient (Wildman–Crippen LogP) is 4.58. The van der Waals surface area contributed by atoms with E-state index in [0.29, 0.717) is 22.7 Å². The average Bonchev–Trinajstić information content (AvgIpc) is 2.86. The Kier molecular flexibility index (Phi) is 7.70. The Balaban J connectivity index is 0.00000289. The standard InChI is InChI=1S/C27H27N3O4.ClH/c1-18-26(31)29-24-16-22(8-10-25(24)34-18)28-27(32)20-7-9-23(19-5-3-2-4-6-19)21(15-20)17-30-11-13-33-14-12-30;/h2-10,15-16,18H,11-14,17H2,1H3,(H,28,32)(H,29,31);1H. The summed E-state index contributed by atoms with van der Waals surface area (Å²) >= 11 is 0. The van der Waals surface area contributed by atoms with Crippen molar-refractivity contribution in [2.45, 2.75) is 19.6 Å². The number of hydrogen-bond acceptors (Lipinski definition) is 5. The summed E-state index contributed by atoms with van der Waals surface area (Å²) in [6, 6.07) is 21.3. The molecule has 0 aromatic heterocycles. The smallest absolute Gasteiger partial charge is 0.265 e. The third-order valence-corrected chi connectivity index (χ3v) is 6.12. The average molecular weight is 494 g/mol. The van der Waals surface area contributed by atoms with Crippen molar-refractivity contribution in [1.82, 2.24) is 4.90 Å². The Morgan fingerprint density at radius 3 is 2.60 bits per heavy atom. The normalized spacial score (nSPS) is 17.4. The summed E-state index contributed by atoms with van der Waals surface area (Å²) in [5.41, 5.74) is 5.05. The second kappa shape index (κ2) is 10.9. The van der Waals surface area contributed by atoms with Gasteiger partial charge in [0.2, 0.25) is 0 Å². The van der Waals surface area contributed by atoms with Crippen LogP contribution in [0.25, 0.3) is 11.1 Å². The first-order valence-corrected chi connectivity index (χ1v) is 11.5. The fourth-order valence-corrected chi connectivity index (χ4v) is 4.26. The summed E-state index contributed by atoms with van der Waals surface area (Å²) in [7, 11) is 0. The molecule has 8 heteroatoms. The lowest BCUT2D eigenvalue weighted by Crippen LogP contribution is -2.35. The zero-order valence-electron chi connectivity index (χ0n) is 19.5. The fraction of sp³-hybridized carbons (Fsp3) is 0.259. The zero-order valence-corrected chi connectivity index (χ0v) is 20.3. The van der Waals surface area contributed by atoms with Crippen LogP contribution in [-0.2, 0) is 16.1 Å². The topological polar surface area (TPSA) is 79.9 Å². The van der Waals surface area contributed by atoms with E-state index < -0.39 is 6.10 Å². The van der Waals surface area contributed by atoms with E-state index in [-0.39, 0.29) is 24.2 Å². The summed E-state index contributed by atoms with van der Waals surface area (Å²) in [5.74, 6) is 0.171. The molecule has 1 fully saturated rings. The largest absolute Gasteiger partial charge is 0.479 e. The van der Waals surface area contributed by atoms with Crippen molar-refractivity contribution in [2.75, 3.05) is 36.9 Å². The summed E-state index contributed by atoms with van der Waals surface area (Å²) in [4.78, 5) is 27.4. The van der Waals surface area contributed by atoms with E-state index >= 15 is 0 Å². The highest BCUT2D eigenvalue weighted by Crippen LogP contribution is 2.32. The monoisotopic (exact) mass is 493 g/mol. The lowest BCUT2D eigenvalue weighted by Gasteiger charge is -2.27. The van der Waals surface area contributed by atoms with Gasteiger partial charge in [-0.1, -0.05) is 36.4 Å². The van der Waals surface area contributed by atoms with Crippen molar-refractivity contribution in [3.63, 3.8) is 0 Å². The molecule has 2 aliphatic rings. The molecule has 182 valence electrons. The van der Waals surface area contributed by atoms with Crippen LogP contribution in [-0.4, -0.2) is 49.1 Å². The van der Waals surface area contributed by atoms with Gasteiger partial charge in [0.05, 0.1) is 18.9 Å². The van der Waals surface area contributed by atoms with Gasteiger partial charge in [0, 0.05) is 30.9 Å². The first-order chi connectivity index (χ1) is 16.6. The molecule has 1 unspecified atom stereocenters. The minimum Gasteiger partial charge on any atom is -0.479 e. The molecule has 2 aliphatic heterocycles. The van der Waals surface area contributed by atoms with E-state index in [4.69, 9.17) is 9.47 Å². The number of hydrogen-bond donors (Lipinski definition) is 2. The van der Waals surface area contributed by atoms with Crippen LogP contribution in [0.5, 0.6) is 5.75 Å². The number of carbonyl (C=O) groups excluding carboxylic acids is 2. The van der Waals surface area contributed by atoms with Gasteiger partial charge >= 0.3 is 0 Å². The number of nitrogens with one attached hydrogen (secondary N) is 2. The molecular formula is C27H28ClN3O4. The summed E-state index contributed by atoms with van der Waals surface area (Å²) in [5, 5.41) is 5.76. The van der Waals surface area contributed by atoms with Crippen LogP contribution >= 0.6 is 12.4 Å². The van der Waals surface area contributed by atoms with Crippen LogP contribution < -0.4 is 15.4 Å². The molecule has 7 nitrogen and oxygen atoms in total. The number of rotatable bonds is 5. The van der Waals surface area contributed by atoms with Crippen molar-refractivity contribution >= 4 is 35.6 Å². The van der Waals surface area contributed by atoms with Gasteiger partial charge in [0.1, 0.15) is 5.75 Å². The van der Waals surface area contributed by atoms with Gasteiger partial charge in [-0.25, -0.2) is 0 Å². The van der Waals surface area contributed by atoms with Crippen molar-refractivity contribution in [3.05, 3.63) is 77.9 Å². The minimum absolute atomic E-state index is 0. The van der Waals surface area contributed by atoms with Gasteiger partial charge in [0.25, 0.3) is 11.8 Å². The molecule has 5 rings (SSSR count). The molecule has 3 aromatic rings. The van der Waals surface area contributed by atoms with E-state index in [1.165, 1.54) is 0 Å². The summed E-state index contributed by atoms with van der Waals surface area (Å²) in [6.45, 7) is 5.62. The zero-order chi connectivity index (χ0) is 23.5. The van der Waals surface area contributed by atoms with Crippen LogP contribution in [0, 0.1) is 0 Å². The first kappa shape index (κ1) is 24.7. The van der Waals surface area contributed by atoms with Gasteiger partial charge in [-0.05, 0) is 53.9 Å². The Morgan fingerprint density at radius 1 is 1.06 bits per heavy atom. The third-order valence-electron chi connectivity index (χ3n) is 6.12. The highest BCUT2D eigenvalue weighted by molar-refractivity contribution is 6.05. The second-order valence-corrected chi connectivity index (χ2v) is 8.54. The van der Waals surface area contributed by atoms with Crippen LogP contribution in [0.4, 0.5) is 11.4 Å². The predicted molar refractivity (Wildman–Crippen MR) is 138 cm³/mol. The molecule has 0 saturated carbocycles.